The van der Waals surface area contributed by atoms with Crippen LogP contribution in [0.5, 0.6) is 0 Å². The molecule has 0 saturated carbocycles. The minimum atomic E-state index is -3.97. The van der Waals surface area contributed by atoms with Gasteiger partial charge < -0.3 is 10.1 Å². The highest BCUT2D eigenvalue weighted by Gasteiger charge is 2.28. The van der Waals surface area contributed by atoms with E-state index in [0.717, 1.165) is 23.0 Å². The smallest absolute Gasteiger partial charge is 0.264 e. The van der Waals surface area contributed by atoms with E-state index in [9.17, 15) is 13.2 Å². The summed E-state index contributed by atoms with van der Waals surface area (Å²) in [6.07, 6.45) is 0. The first-order chi connectivity index (χ1) is 14.4. The van der Waals surface area contributed by atoms with Gasteiger partial charge in [0.2, 0.25) is 5.91 Å². The highest BCUT2D eigenvalue weighted by atomic mass is 35.5. The Balaban J connectivity index is 1.75. The van der Waals surface area contributed by atoms with E-state index in [1.807, 2.05) is 6.92 Å². The van der Waals surface area contributed by atoms with Gasteiger partial charge >= 0.3 is 0 Å². The number of halogens is 1. The number of para-hydroxylation sites is 1. The second-order valence-electron chi connectivity index (χ2n) is 7.08. The monoisotopic (exact) mass is 451 g/mol. The molecule has 0 aromatic heterocycles. The minimum Gasteiger partial charge on any atom is -0.379 e. The third-order valence-electron chi connectivity index (χ3n) is 4.87. The molecule has 30 heavy (non-hydrogen) atoms. The van der Waals surface area contributed by atoms with E-state index in [1.165, 1.54) is 12.1 Å². The van der Waals surface area contributed by atoms with Gasteiger partial charge in [0, 0.05) is 26.2 Å². The predicted octanol–water partition coefficient (Wildman–Crippen LogP) is 2.29. The average Bonchev–Trinajstić information content (AvgIpc) is 2.74. The lowest BCUT2D eigenvalue weighted by molar-refractivity contribution is -0.119. The molecule has 1 N–H and O–H groups in total. The van der Waals surface area contributed by atoms with Crippen molar-refractivity contribution < 1.29 is 17.9 Å². The van der Waals surface area contributed by atoms with Crippen LogP contribution in [-0.2, 0) is 19.6 Å². The number of carbonyl (C=O) groups excluding carboxylic acids is 1. The Morgan fingerprint density at radius 1 is 1.13 bits per heavy atom. The highest BCUT2D eigenvalue weighted by molar-refractivity contribution is 7.92. The average molecular weight is 452 g/mol. The number of ether oxygens (including phenoxy) is 1. The first-order valence-corrected chi connectivity index (χ1v) is 11.6. The van der Waals surface area contributed by atoms with Crippen LogP contribution in [0, 0.1) is 6.92 Å². The molecule has 0 atom stereocenters. The van der Waals surface area contributed by atoms with Crippen LogP contribution in [0.15, 0.2) is 53.4 Å². The van der Waals surface area contributed by atoms with Crippen molar-refractivity contribution >= 4 is 33.2 Å². The summed E-state index contributed by atoms with van der Waals surface area (Å²) in [5.74, 6) is -0.390. The summed E-state index contributed by atoms with van der Waals surface area (Å²) in [5.41, 5.74) is 1.21. The normalized spacial score (nSPS) is 15.0. The molecule has 0 radical (unpaired) electrons. The first kappa shape index (κ1) is 22.6. The summed E-state index contributed by atoms with van der Waals surface area (Å²) in [6.45, 7) is 5.65. The number of anilines is 1. The third kappa shape index (κ3) is 5.72. The molecule has 7 nitrogen and oxygen atoms in total. The van der Waals surface area contributed by atoms with E-state index < -0.39 is 10.0 Å². The maximum Gasteiger partial charge on any atom is 0.264 e. The number of nitrogens with one attached hydrogen (secondary N) is 1. The van der Waals surface area contributed by atoms with Gasteiger partial charge in [-0.25, -0.2) is 8.42 Å². The van der Waals surface area contributed by atoms with Gasteiger partial charge in [-0.1, -0.05) is 41.4 Å². The fraction of sp³-hybridized carbons (Fsp3) is 0.381. The summed E-state index contributed by atoms with van der Waals surface area (Å²) in [7, 11) is -3.97. The second kappa shape index (κ2) is 10.3. The molecule has 1 amide bonds. The molecule has 2 aromatic rings. The Morgan fingerprint density at radius 3 is 2.47 bits per heavy atom. The molecule has 9 heteroatoms. The number of morpholine rings is 1. The standard InChI is InChI=1S/C21H26ClN3O4S/c1-17-6-8-18(9-7-17)30(27,28)25(20-5-3-2-4-19(20)22)16-21(26)23-10-11-24-12-14-29-15-13-24/h2-9H,10-16H2,1H3,(H,23,26). The molecule has 1 fully saturated rings. The molecule has 0 unspecified atom stereocenters. The molecular formula is C21H26ClN3O4S. The molecule has 1 aliphatic heterocycles. The number of benzene rings is 2. The number of sulfonamides is 1. The predicted molar refractivity (Wildman–Crippen MR) is 117 cm³/mol. The van der Waals surface area contributed by atoms with Gasteiger partial charge in [0.05, 0.1) is 28.8 Å². The lowest BCUT2D eigenvalue weighted by Gasteiger charge is -2.27. The van der Waals surface area contributed by atoms with E-state index in [1.54, 1.807) is 36.4 Å². The van der Waals surface area contributed by atoms with Gasteiger partial charge in [0.1, 0.15) is 6.54 Å². The Morgan fingerprint density at radius 2 is 1.80 bits per heavy atom. The van der Waals surface area contributed by atoms with E-state index in [2.05, 4.69) is 10.2 Å². The van der Waals surface area contributed by atoms with Crippen LogP contribution in [-0.4, -0.2) is 65.2 Å². The first-order valence-electron chi connectivity index (χ1n) is 9.78. The van der Waals surface area contributed by atoms with Gasteiger partial charge in [-0.3, -0.25) is 14.0 Å². The highest BCUT2D eigenvalue weighted by Crippen LogP contribution is 2.30. The lowest BCUT2D eigenvalue weighted by atomic mass is 10.2. The Hall–Kier alpha value is -2.13. The SMILES string of the molecule is Cc1ccc(S(=O)(=O)N(CC(=O)NCCN2CCOCC2)c2ccccc2Cl)cc1. The zero-order valence-electron chi connectivity index (χ0n) is 16.9. The summed E-state index contributed by atoms with van der Waals surface area (Å²) < 4.78 is 33.0. The van der Waals surface area contributed by atoms with Crippen LogP contribution in [0.4, 0.5) is 5.69 Å². The van der Waals surface area contributed by atoms with Crippen LogP contribution in [0.25, 0.3) is 0 Å². The van der Waals surface area contributed by atoms with Crippen molar-refractivity contribution in [3.05, 3.63) is 59.1 Å². The van der Waals surface area contributed by atoms with Crippen LogP contribution in [0.3, 0.4) is 0 Å². The quantitative estimate of drug-likeness (QED) is 0.666. The fourth-order valence-electron chi connectivity index (χ4n) is 3.16. The van der Waals surface area contributed by atoms with Gasteiger partial charge in [0.25, 0.3) is 10.0 Å². The molecule has 0 aliphatic carbocycles. The summed E-state index contributed by atoms with van der Waals surface area (Å²) in [5, 5.41) is 3.07. The second-order valence-corrected chi connectivity index (χ2v) is 9.35. The maximum atomic E-state index is 13.3. The van der Waals surface area contributed by atoms with Gasteiger partial charge in [-0.05, 0) is 31.2 Å². The summed E-state index contributed by atoms with van der Waals surface area (Å²) in [6, 6.07) is 13.1. The molecule has 3 rings (SSSR count). The largest absolute Gasteiger partial charge is 0.379 e. The fourth-order valence-corrected chi connectivity index (χ4v) is 4.88. The summed E-state index contributed by atoms with van der Waals surface area (Å²) >= 11 is 6.27. The van der Waals surface area contributed by atoms with E-state index in [-0.39, 0.29) is 28.1 Å². The Bertz CT molecular complexity index is 960. The van der Waals surface area contributed by atoms with Crippen molar-refractivity contribution in [2.24, 2.45) is 0 Å². The molecule has 1 heterocycles. The number of amides is 1. The van der Waals surface area contributed by atoms with Gasteiger partial charge in [0.15, 0.2) is 0 Å². The minimum absolute atomic E-state index is 0.106. The molecule has 0 bridgehead atoms. The van der Waals surface area contributed by atoms with E-state index >= 15 is 0 Å². The molecule has 1 aliphatic rings. The topological polar surface area (TPSA) is 79.0 Å². The van der Waals surface area contributed by atoms with Crippen LogP contribution >= 0.6 is 11.6 Å². The van der Waals surface area contributed by atoms with Crippen molar-refractivity contribution in [2.45, 2.75) is 11.8 Å². The van der Waals surface area contributed by atoms with Crippen molar-refractivity contribution in [2.75, 3.05) is 50.2 Å². The molecule has 0 spiro atoms. The van der Waals surface area contributed by atoms with E-state index in [4.69, 9.17) is 16.3 Å². The molecule has 1 saturated heterocycles. The van der Waals surface area contributed by atoms with Crippen molar-refractivity contribution in [1.82, 2.24) is 10.2 Å². The maximum absolute atomic E-state index is 13.3. The lowest BCUT2D eigenvalue weighted by Crippen LogP contribution is -2.45. The number of rotatable bonds is 8. The van der Waals surface area contributed by atoms with Gasteiger partial charge in [-0.15, -0.1) is 0 Å². The molecule has 2 aromatic carbocycles. The molecular weight excluding hydrogens is 426 g/mol. The Labute approximate surface area is 182 Å². The number of nitrogens with zero attached hydrogens (tertiary/aromatic N) is 2. The Kier molecular flexibility index (Phi) is 7.71. The van der Waals surface area contributed by atoms with Crippen molar-refractivity contribution in [3.63, 3.8) is 0 Å². The van der Waals surface area contributed by atoms with Crippen LogP contribution < -0.4 is 9.62 Å². The van der Waals surface area contributed by atoms with Crippen LogP contribution in [0.2, 0.25) is 5.02 Å². The number of aryl methyl sites for hydroxylation is 1. The van der Waals surface area contributed by atoms with Crippen molar-refractivity contribution in [3.8, 4) is 0 Å². The van der Waals surface area contributed by atoms with Crippen LogP contribution in [0.1, 0.15) is 5.56 Å². The van der Waals surface area contributed by atoms with E-state index in [0.29, 0.717) is 26.3 Å². The number of hydrogen-bond donors (Lipinski definition) is 1. The number of hydrogen-bond acceptors (Lipinski definition) is 5. The number of carbonyl (C=O) groups is 1. The zero-order valence-corrected chi connectivity index (χ0v) is 18.5. The van der Waals surface area contributed by atoms with Gasteiger partial charge in [-0.2, -0.15) is 0 Å². The summed E-state index contributed by atoms with van der Waals surface area (Å²) in [4.78, 5) is 14.9. The zero-order chi connectivity index (χ0) is 21.6. The molecule has 162 valence electrons. The third-order valence-corrected chi connectivity index (χ3v) is 6.96. The van der Waals surface area contributed by atoms with Crippen molar-refractivity contribution in [1.29, 1.82) is 0 Å².